The zero-order valence-corrected chi connectivity index (χ0v) is 14.5. The normalized spacial score (nSPS) is 19.3. The Morgan fingerprint density at radius 2 is 2.04 bits per heavy atom. The molecule has 0 bridgehead atoms. The van der Waals surface area contributed by atoms with E-state index >= 15 is 0 Å². The number of hydrogen-bond acceptors (Lipinski definition) is 5. The predicted octanol–water partition coefficient (Wildman–Crippen LogP) is 1.49. The summed E-state index contributed by atoms with van der Waals surface area (Å²) in [5.41, 5.74) is -0.898. The monoisotopic (exact) mass is 379 g/mol. The fraction of sp³-hybridized carbons (Fsp3) is 0.462. The fourth-order valence-corrected chi connectivity index (χ4v) is 3.60. The number of benzene rings is 1. The average molecular weight is 380 g/mol. The molecule has 1 heterocycles. The molecule has 0 saturated carbocycles. The summed E-state index contributed by atoms with van der Waals surface area (Å²) in [7, 11) is -3.37. The molecule has 1 aliphatic heterocycles. The van der Waals surface area contributed by atoms with Crippen molar-refractivity contribution in [1.82, 2.24) is 9.21 Å². The molecule has 24 heavy (non-hydrogen) atoms. The lowest BCUT2D eigenvalue weighted by Gasteiger charge is -2.38. The van der Waals surface area contributed by atoms with Gasteiger partial charge in [-0.1, -0.05) is 11.6 Å². The molecule has 2 rings (SSSR count). The highest BCUT2D eigenvalue weighted by Crippen LogP contribution is 2.29. The van der Waals surface area contributed by atoms with Gasteiger partial charge in [-0.25, -0.2) is 12.8 Å². The third-order valence-electron chi connectivity index (χ3n) is 3.77. The van der Waals surface area contributed by atoms with Crippen molar-refractivity contribution in [3.8, 4) is 0 Å². The van der Waals surface area contributed by atoms with Crippen LogP contribution in [0.3, 0.4) is 0 Å². The summed E-state index contributed by atoms with van der Waals surface area (Å²) in [6, 6.07) is 1.30. The second-order valence-corrected chi connectivity index (χ2v) is 7.88. The molecule has 0 radical (unpaired) electrons. The SMILES string of the molecule is CC1CN(S(C)(=O)=O)CCN1C(=O)c1cc(F)c(Cl)c([N+](=O)[O-])c1. The van der Waals surface area contributed by atoms with Gasteiger partial charge >= 0.3 is 0 Å². The molecular weight excluding hydrogens is 365 g/mol. The van der Waals surface area contributed by atoms with Crippen LogP contribution in [-0.2, 0) is 10.0 Å². The van der Waals surface area contributed by atoms with Crippen LogP contribution in [0.2, 0.25) is 5.02 Å². The van der Waals surface area contributed by atoms with Crippen LogP contribution in [0.5, 0.6) is 0 Å². The van der Waals surface area contributed by atoms with E-state index in [0.29, 0.717) is 0 Å². The summed E-state index contributed by atoms with van der Waals surface area (Å²) in [5.74, 6) is -1.68. The molecular formula is C13H15ClFN3O5S. The molecule has 1 fully saturated rings. The largest absolute Gasteiger partial charge is 0.333 e. The molecule has 0 aliphatic carbocycles. The smallest absolute Gasteiger partial charge is 0.291 e. The molecule has 1 aromatic carbocycles. The van der Waals surface area contributed by atoms with E-state index in [1.807, 2.05) is 0 Å². The highest BCUT2D eigenvalue weighted by Gasteiger charge is 2.33. The third kappa shape index (κ3) is 3.65. The van der Waals surface area contributed by atoms with Gasteiger partial charge in [0.05, 0.1) is 11.2 Å². The Kier molecular flexibility index (Phi) is 5.11. The number of nitro benzene ring substituents is 1. The lowest BCUT2D eigenvalue weighted by Crippen LogP contribution is -2.55. The lowest BCUT2D eigenvalue weighted by molar-refractivity contribution is -0.384. The minimum absolute atomic E-state index is 0.0999. The third-order valence-corrected chi connectivity index (χ3v) is 5.42. The Hall–Kier alpha value is -1.78. The van der Waals surface area contributed by atoms with Gasteiger partial charge in [0.1, 0.15) is 5.82 Å². The Labute approximate surface area is 143 Å². The molecule has 11 heteroatoms. The maximum Gasteiger partial charge on any atom is 0.291 e. The van der Waals surface area contributed by atoms with Gasteiger partial charge in [-0.15, -0.1) is 0 Å². The average Bonchev–Trinajstić information content (AvgIpc) is 2.47. The zero-order valence-electron chi connectivity index (χ0n) is 12.9. The van der Waals surface area contributed by atoms with Gasteiger partial charge in [-0.2, -0.15) is 4.31 Å². The fourth-order valence-electron chi connectivity index (χ4n) is 2.52. The number of carbonyl (C=O) groups is 1. The molecule has 8 nitrogen and oxygen atoms in total. The summed E-state index contributed by atoms with van der Waals surface area (Å²) < 4.78 is 38.1. The first kappa shape index (κ1) is 18.6. The summed E-state index contributed by atoms with van der Waals surface area (Å²) in [6.45, 7) is 1.96. The van der Waals surface area contributed by atoms with Crippen molar-refractivity contribution in [3.05, 3.63) is 38.7 Å². The number of hydrogen-bond donors (Lipinski definition) is 0. The molecule has 1 aromatic rings. The van der Waals surface area contributed by atoms with Crippen LogP contribution in [0, 0.1) is 15.9 Å². The van der Waals surface area contributed by atoms with E-state index in [4.69, 9.17) is 11.6 Å². The zero-order chi connectivity index (χ0) is 18.2. The van der Waals surface area contributed by atoms with E-state index in [1.165, 1.54) is 9.21 Å². The first-order chi connectivity index (χ1) is 11.0. The van der Waals surface area contributed by atoms with E-state index in [-0.39, 0.29) is 25.2 Å². The van der Waals surface area contributed by atoms with Crippen molar-refractivity contribution in [3.63, 3.8) is 0 Å². The van der Waals surface area contributed by atoms with Gasteiger partial charge in [0.15, 0.2) is 5.02 Å². The number of nitro groups is 1. The molecule has 0 spiro atoms. The van der Waals surface area contributed by atoms with Gasteiger partial charge in [0, 0.05) is 37.3 Å². The predicted molar refractivity (Wildman–Crippen MR) is 85.0 cm³/mol. The van der Waals surface area contributed by atoms with Crippen LogP contribution in [0.15, 0.2) is 12.1 Å². The molecule has 1 unspecified atom stereocenters. The highest BCUT2D eigenvalue weighted by atomic mass is 35.5. The highest BCUT2D eigenvalue weighted by molar-refractivity contribution is 7.88. The lowest BCUT2D eigenvalue weighted by atomic mass is 10.1. The molecule has 0 aromatic heterocycles. The molecule has 0 N–H and O–H groups in total. The maximum atomic E-state index is 13.7. The quantitative estimate of drug-likeness (QED) is 0.585. The van der Waals surface area contributed by atoms with Crippen LogP contribution in [-0.4, -0.2) is 60.4 Å². The Morgan fingerprint density at radius 3 is 2.54 bits per heavy atom. The van der Waals surface area contributed by atoms with Gasteiger partial charge in [-0.3, -0.25) is 14.9 Å². The van der Waals surface area contributed by atoms with E-state index < -0.39 is 43.4 Å². The van der Waals surface area contributed by atoms with Crippen molar-refractivity contribution in [1.29, 1.82) is 0 Å². The topological polar surface area (TPSA) is 101 Å². The number of halogens is 2. The second-order valence-electron chi connectivity index (χ2n) is 5.52. The Morgan fingerprint density at radius 1 is 1.42 bits per heavy atom. The number of carbonyl (C=O) groups excluding carboxylic acids is 1. The van der Waals surface area contributed by atoms with Crippen LogP contribution < -0.4 is 0 Å². The number of amides is 1. The number of nitrogens with zero attached hydrogens (tertiary/aromatic N) is 3. The molecule has 1 amide bonds. The molecule has 1 atom stereocenters. The van der Waals surface area contributed by atoms with Crippen LogP contribution >= 0.6 is 11.6 Å². The van der Waals surface area contributed by atoms with Crippen molar-refractivity contribution in [2.24, 2.45) is 0 Å². The Bertz CT molecular complexity index is 801. The van der Waals surface area contributed by atoms with Crippen molar-refractivity contribution in [2.45, 2.75) is 13.0 Å². The van der Waals surface area contributed by atoms with Gasteiger partial charge in [-0.05, 0) is 13.0 Å². The number of sulfonamides is 1. The molecule has 1 aliphatic rings. The van der Waals surface area contributed by atoms with E-state index in [1.54, 1.807) is 6.92 Å². The number of piperazine rings is 1. The van der Waals surface area contributed by atoms with E-state index in [9.17, 15) is 27.7 Å². The van der Waals surface area contributed by atoms with Crippen LogP contribution in [0.1, 0.15) is 17.3 Å². The van der Waals surface area contributed by atoms with Crippen molar-refractivity contribution < 1.29 is 22.5 Å². The molecule has 132 valence electrons. The standard InChI is InChI=1S/C13H15ClFN3O5S/c1-8-7-16(24(2,22)23)3-4-17(8)13(19)9-5-10(15)12(14)11(6-9)18(20)21/h5-6,8H,3-4,7H2,1-2H3. The summed E-state index contributed by atoms with van der Waals surface area (Å²) in [5, 5.41) is 10.2. The summed E-state index contributed by atoms with van der Waals surface area (Å²) >= 11 is 5.53. The van der Waals surface area contributed by atoms with Gasteiger partial charge in [0.25, 0.3) is 11.6 Å². The van der Waals surface area contributed by atoms with E-state index in [2.05, 4.69) is 0 Å². The minimum atomic E-state index is -3.37. The van der Waals surface area contributed by atoms with Crippen molar-refractivity contribution in [2.75, 3.05) is 25.9 Å². The molecule has 1 saturated heterocycles. The van der Waals surface area contributed by atoms with Gasteiger partial charge in [0.2, 0.25) is 10.0 Å². The van der Waals surface area contributed by atoms with E-state index in [0.717, 1.165) is 18.4 Å². The maximum absolute atomic E-state index is 13.7. The first-order valence-electron chi connectivity index (χ1n) is 6.92. The summed E-state index contributed by atoms with van der Waals surface area (Å²) in [6.07, 6.45) is 1.08. The minimum Gasteiger partial charge on any atom is -0.333 e. The summed E-state index contributed by atoms with van der Waals surface area (Å²) in [4.78, 5) is 23.9. The van der Waals surface area contributed by atoms with Crippen molar-refractivity contribution >= 4 is 33.2 Å². The van der Waals surface area contributed by atoms with Crippen LogP contribution in [0.4, 0.5) is 10.1 Å². The Balaban J connectivity index is 2.29. The van der Waals surface area contributed by atoms with Crippen LogP contribution in [0.25, 0.3) is 0 Å². The van der Waals surface area contributed by atoms with Gasteiger partial charge < -0.3 is 4.90 Å². The second kappa shape index (κ2) is 6.61. The first-order valence-corrected chi connectivity index (χ1v) is 9.14. The number of rotatable bonds is 3.